The number of aliphatic hydroxyl groups excluding tert-OH is 1. The van der Waals surface area contributed by atoms with Gasteiger partial charge in [0.05, 0.1) is 5.41 Å². The van der Waals surface area contributed by atoms with E-state index in [1.807, 2.05) is 12.1 Å². The van der Waals surface area contributed by atoms with Crippen LogP contribution in [0.3, 0.4) is 0 Å². The number of hydrogen-bond acceptors (Lipinski definition) is 2. The topological polar surface area (TPSA) is 49.3 Å². The molecule has 0 unspecified atom stereocenters. The molecule has 0 saturated heterocycles. The van der Waals surface area contributed by atoms with Crippen LogP contribution in [0.1, 0.15) is 17.5 Å². The zero-order chi connectivity index (χ0) is 17.2. The number of rotatable bonds is 6. The van der Waals surface area contributed by atoms with Crippen molar-refractivity contribution in [3.8, 4) is 0 Å². The molecule has 0 aromatic heterocycles. The fourth-order valence-electron chi connectivity index (χ4n) is 3.19. The standard InChI is InChI=1S/C19H19ClFNO2/c20-16-5-3-14(4-6-16)19(11-15(19)12-23)18(24)22-10-9-13-1-7-17(21)8-2-13/h1-8,15,23H,9-12H2,(H,22,24)/t15-,19+/m0/s1. The number of carbonyl (C=O) groups excluding carboxylic acids is 1. The van der Waals surface area contributed by atoms with Crippen molar-refractivity contribution < 1.29 is 14.3 Å². The van der Waals surface area contributed by atoms with Crippen molar-refractivity contribution in [3.05, 3.63) is 70.5 Å². The quantitative estimate of drug-likeness (QED) is 0.843. The molecule has 0 bridgehead atoms. The highest BCUT2D eigenvalue weighted by Crippen LogP contribution is 2.54. The van der Waals surface area contributed by atoms with Crippen molar-refractivity contribution in [2.45, 2.75) is 18.3 Å². The summed E-state index contributed by atoms with van der Waals surface area (Å²) < 4.78 is 12.9. The van der Waals surface area contributed by atoms with Crippen LogP contribution in [0, 0.1) is 11.7 Å². The highest BCUT2D eigenvalue weighted by atomic mass is 35.5. The first-order valence-corrected chi connectivity index (χ1v) is 8.33. The Morgan fingerprint density at radius 1 is 1.21 bits per heavy atom. The lowest BCUT2D eigenvalue weighted by Crippen LogP contribution is -2.37. The molecule has 0 heterocycles. The molecule has 2 atom stereocenters. The minimum Gasteiger partial charge on any atom is -0.396 e. The Morgan fingerprint density at radius 2 is 1.88 bits per heavy atom. The first-order valence-electron chi connectivity index (χ1n) is 7.96. The van der Waals surface area contributed by atoms with Crippen LogP contribution < -0.4 is 5.32 Å². The van der Waals surface area contributed by atoms with E-state index >= 15 is 0 Å². The summed E-state index contributed by atoms with van der Waals surface area (Å²) in [5.41, 5.74) is 1.18. The van der Waals surface area contributed by atoms with Crippen LogP contribution in [-0.2, 0) is 16.6 Å². The van der Waals surface area contributed by atoms with Crippen LogP contribution in [0.5, 0.6) is 0 Å². The summed E-state index contributed by atoms with van der Waals surface area (Å²) >= 11 is 5.92. The molecule has 1 aliphatic carbocycles. The normalized spacial score (nSPS) is 22.2. The fourth-order valence-corrected chi connectivity index (χ4v) is 3.32. The molecule has 3 nitrogen and oxygen atoms in total. The third-order valence-electron chi connectivity index (χ3n) is 4.70. The lowest BCUT2D eigenvalue weighted by molar-refractivity contribution is -0.124. The molecule has 1 aliphatic rings. The van der Waals surface area contributed by atoms with Gasteiger partial charge in [-0.15, -0.1) is 0 Å². The van der Waals surface area contributed by atoms with E-state index in [0.717, 1.165) is 11.1 Å². The molecule has 1 fully saturated rings. The predicted molar refractivity (Wildman–Crippen MR) is 91.4 cm³/mol. The van der Waals surface area contributed by atoms with Gasteiger partial charge in [-0.1, -0.05) is 35.9 Å². The van der Waals surface area contributed by atoms with Gasteiger partial charge in [-0.2, -0.15) is 0 Å². The maximum atomic E-state index is 12.9. The number of carbonyl (C=O) groups is 1. The van der Waals surface area contributed by atoms with Crippen molar-refractivity contribution in [1.29, 1.82) is 0 Å². The molecule has 2 N–H and O–H groups in total. The molecule has 1 amide bonds. The summed E-state index contributed by atoms with van der Waals surface area (Å²) in [4.78, 5) is 12.7. The van der Waals surface area contributed by atoms with Crippen molar-refractivity contribution in [1.82, 2.24) is 5.32 Å². The average molecular weight is 348 g/mol. The Kier molecular flexibility index (Phi) is 4.88. The van der Waals surface area contributed by atoms with Crippen molar-refractivity contribution in [3.63, 3.8) is 0 Å². The molecule has 1 saturated carbocycles. The van der Waals surface area contributed by atoms with Gasteiger partial charge < -0.3 is 10.4 Å². The average Bonchev–Trinajstić information content (AvgIpc) is 3.33. The van der Waals surface area contributed by atoms with Crippen LogP contribution in [0.15, 0.2) is 48.5 Å². The Labute approximate surface area is 145 Å². The number of amides is 1. The van der Waals surface area contributed by atoms with Crippen LogP contribution in [-0.4, -0.2) is 24.2 Å². The second-order valence-corrected chi connectivity index (χ2v) is 6.63. The highest BCUT2D eigenvalue weighted by Gasteiger charge is 2.60. The SMILES string of the molecule is O=C(NCCc1ccc(F)cc1)[C@@]1(c2ccc(Cl)cc2)C[C@H]1CO. The van der Waals surface area contributed by atoms with Gasteiger partial charge in [-0.25, -0.2) is 4.39 Å². The monoisotopic (exact) mass is 347 g/mol. The first kappa shape index (κ1) is 16.9. The third kappa shape index (κ3) is 3.30. The minimum atomic E-state index is -0.665. The molecule has 126 valence electrons. The van der Waals surface area contributed by atoms with E-state index in [4.69, 9.17) is 11.6 Å². The number of halogens is 2. The predicted octanol–water partition coefficient (Wildman–Crippen LogP) is 3.09. The molecular formula is C19H19ClFNO2. The summed E-state index contributed by atoms with van der Waals surface area (Å²) in [7, 11) is 0. The number of aliphatic hydroxyl groups is 1. The van der Waals surface area contributed by atoms with E-state index in [0.29, 0.717) is 24.4 Å². The van der Waals surface area contributed by atoms with Crippen molar-refractivity contribution in [2.24, 2.45) is 5.92 Å². The second kappa shape index (κ2) is 6.91. The zero-order valence-electron chi connectivity index (χ0n) is 13.1. The summed E-state index contributed by atoms with van der Waals surface area (Å²) in [6.45, 7) is 0.450. The molecule has 0 spiro atoms. The highest BCUT2D eigenvalue weighted by molar-refractivity contribution is 6.30. The van der Waals surface area contributed by atoms with Gasteiger partial charge in [-0.3, -0.25) is 4.79 Å². The molecule has 24 heavy (non-hydrogen) atoms. The first-order chi connectivity index (χ1) is 11.6. The van der Waals surface area contributed by atoms with Crippen LogP contribution >= 0.6 is 11.6 Å². The van der Waals surface area contributed by atoms with Crippen molar-refractivity contribution in [2.75, 3.05) is 13.2 Å². The summed E-state index contributed by atoms with van der Waals surface area (Å²) in [6, 6.07) is 13.5. The van der Waals surface area contributed by atoms with E-state index in [-0.39, 0.29) is 24.2 Å². The smallest absolute Gasteiger partial charge is 0.231 e. The molecule has 0 aliphatic heterocycles. The number of nitrogens with one attached hydrogen (secondary N) is 1. The van der Waals surface area contributed by atoms with Gasteiger partial charge in [0.25, 0.3) is 0 Å². The number of hydrogen-bond donors (Lipinski definition) is 2. The van der Waals surface area contributed by atoms with E-state index in [1.165, 1.54) is 12.1 Å². The van der Waals surface area contributed by atoms with Gasteiger partial charge in [0.2, 0.25) is 5.91 Å². The Bertz CT molecular complexity index is 717. The van der Waals surface area contributed by atoms with Gasteiger partial charge in [0.1, 0.15) is 5.82 Å². The van der Waals surface area contributed by atoms with Gasteiger partial charge in [-0.05, 0) is 48.2 Å². The fraction of sp³-hybridized carbons (Fsp3) is 0.316. The molecule has 5 heteroatoms. The van der Waals surface area contributed by atoms with Crippen LogP contribution in [0.25, 0.3) is 0 Å². The number of benzene rings is 2. The van der Waals surface area contributed by atoms with E-state index in [2.05, 4.69) is 5.32 Å². The second-order valence-electron chi connectivity index (χ2n) is 6.19. The Hall–Kier alpha value is -1.91. The molecule has 0 radical (unpaired) electrons. The summed E-state index contributed by atoms with van der Waals surface area (Å²) in [5.74, 6) is -0.413. The summed E-state index contributed by atoms with van der Waals surface area (Å²) in [6.07, 6.45) is 1.26. The minimum absolute atomic E-state index is 0.0198. The van der Waals surface area contributed by atoms with E-state index < -0.39 is 5.41 Å². The molecular weight excluding hydrogens is 329 g/mol. The van der Waals surface area contributed by atoms with Crippen LogP contribution in [0.2, 0.25) is 5.02 Å². The molecule has 2 aromatic rings. The molecule has 2 aromatic carbocycles. The van der Waals surface area contributed by atoms with E-state index in [9.17, 15) is 14.3 Å². The maximum absolute atomic E-state index is 12.9. The maximum Gasteiger partial charge on any atom is 0.231 e. The Balaban J connectivity index is 1.65. The Morgan fingerprint density at radius 3 is 2.46 bits per heavy atom. The summed E-state index contributed by atoms with van der Waals surface area (Å²) in [5, 5.41) is 13.1. The largest absolute Gasteiger partial charge is 0.396 e. The van der Waals surface area contributed by atoms with Crippen molar-refractivity contribution >= 4 is 17.5 Å². The zero-order valence-corrected chi connectivity index (χ0v) is 13.9. The lowest BCUT2D eigenvalue weighted by atomic mass is 9.92. The van der Waals surface area contributed by atoms with Gasteiger partial charge >= 0.3 is 0 Å². The third-order valence-corrected chi connectivity index (χ3v) is 4.95. The lowest BCUT2D eigenvalue weighted by Gasteiger charge is -2.18. The van der Waals surface area contributed by atoms with Gasteiger partial charge in [0, 0.05) is 24.1 Å². The van der Waals surface area contributed by atoms with Crippen LogP contribution in [0.4, 0.5) is 4.39 Å². The van der Waals surface area contributed by atoms with E-state index in [1.54, 1.807) is 24.3 Å². The van der Waals surface area contributed by atoms with Gasteiger partial charge in [0.15, 0.2) is 0 Å². The molecule has 3 rings (SSSR count).